The third-order valence-corrected chi connectivity index (χ3v) is 4.90. The lowest BCUT2D eigenvalue weighted by Crippen LogP contribution is -2.31. The smallest absolute Gasteiger partial charge is 0.261 e. The number of carbonyl (C=O) groups excluding carboxylic acids is 1. The monoisotopic (exact) mass is 351 g/mol. The second-order valence-corrected chi connectivity index (χ2v) is 6.65. The van der Waals surface area contributed by atoms with Crippen LogP contribution in [0.5, 0.6) is 0 Å². The van der Waals surface area contributed by atoms with Gasteiger partial charge in [-0.3, -0.25) is 14.5 Å². The van der Waals surface area contributed by atoms with Crippen LogP contribution in [0.2, 0.25) is 0 Å². The van der Waals surface area contributed by atoms with E-state index in [0.29, 0.717) is 16.8 Å². The zero-order valence-electron chi connectivity index (χ0n) is 14.7. The molecule has 1 aromatic carbocycles. The van der Waals surface area contributed by atoms with Gasteiger partial charge in [-0.2, -0.15) is 0 Å². The van der Waals surface area contributed by atoms with E-state index < -0.39 is 0 Å². The largest absolute Gasteiger partial charge is 0.352 e. The average molecular weight is 351 g/mol. The van der Waals surface area contributed by atoms with Crippen molar-refractivity contribution in [2.75, 3.05) is 4.90 Å². The SMILES string of the molecule is Cc1cc(N2C(=O)c3ccn(C)c3C2c2ccc(F)cc2)cn(C)c1=O. The molecule has 0 radical (unpaired) electrons. The Morgan fingerprint density at radius 2 is 1.69 bits per heavy atom. The summed E-state index contributed by atoms with van der Waals surface area (Å²) in [5, 5.41) is 0. The van der Waals surface area contributed by atoms with Crippen molar-refractivity contribution in [3.05, 3.63) is 87.3 Å². The summed E-state index contributed by atoms with van der Waals surface area (Å²) in [4.78, 5) is 26.8. The van der Waals surface area contributed by atoms with Gasteiger partial charge in [0.15, 0.2) is 0 Å². The van der Waals surface area contributed by atoms with E-state index in [1.54, 1.807) is 49.3 Å². The highest BCUT2D eigenvalue weighted by Gasteiger charge is 2.41. The van der Waals surface area contributed by atoms with Crippen molar-refractivity contribution >= 4 is 11.6 Å². The van der Waals surface area contributed by atoms with E-state index in [-0.39, 0.29) is 23.3 Å². The summed E-state index contributed by atoms with van der Waals surface area (Å²) in [5.41, 5.74) is 3.39. The van der Waals surface area contributed by atoms with E-state index in [2.05, 4.69) is 0 Å². The molecule has 6 heteroatoms. The van der Waals surface area contributed by atoms with Gasteiger partial charge in [0.2, 0.25) is 0 Å². The Hall–Kier alpha value is -3.15. The van der Waals surface area contributed by atoms with E-state index in [1.807, 2.05) is 17.8 Å². The van der Waals surface area contributed by atoms with E-state index in [1.165, 1.54) is 16.7 Å². The van der Waals surface area contributed by atoms with Crippen LogP contribution in [-0.2, 0) is 14.1 Å². The number of aromatic nitrogens is 2. The molecule has 0 N–H and O–H groups in total. The molecule has 0 spiro atoms. The van der Waals surface area contributed by atoms with Crippen molar-refractivity contribution < 1.29 is 9.18 Å². The lowest BCUT2D eigenvalue weighted by Gasteiger charge is -2.27. The summed E-state index contributed by atoms with van der Waals surface area (Å²) in [7, 11) is 3.55. The summed E-state index contributed by atoms with van der Waals surface area (Å²) in [5.74, 6) is -0.456. The fourth-order valence-electron chi connectivity index (χ4n) is 3.64. The summed E-state index contributed by atoms with van der Waals surface area (Å²) in [6.45, 7) is 1.73. The minimum absolute atomic E-state index is 0.101. The number of pyridine rings is 1. The highest BCUT2D eigenvalue weighted by Crippen LogP contribution is 2.41. The zero-order valence-corrected chi connectivity index (χ0v) is 14.7. The number of hydrogen-bond donors (Lipinski definition) is 0. The lowest BCUT2D eigenvalue weighted by atomic mass is 10.0. The van der Waals surface area contributed by atoms with Crippen LogP contribution >= 0.6 is 0 Å². The molecule has 2 aromatic heterocycles. The van der Waals surface area contributed by atoms with Gasteiger partial charge in [-0.15, -0.1) is 0 Å². The Bertz CT molecular complexity index is 1050. The second kappa shape index (κ2) is 5.69. The maximum atomic E-state index is 13.4. The number of aryl methyl sites for hydroxylation is 3. The molecular weight excluding hydrogens is 333 g/mol. The Kier molecular flexibility index (Phi) is 3.57. The van der Waals surface area contributed by atoms with Gasteiger partial charge in [0, 0.05) is 32.1 Å². The minimum atomic E-state index is -0.380. The third kappa shape index (κ3) is 2.29. The minimum Gasteiger partial charge on any atom is -0.352 e. The average Bonchev–Trinajstić information content (AvgIpc) is 3.12. The standard InChI is InChI=1S/C20H18FN3O2/c1-12-10-15(11-23(3)19(12)25)24-17(13-4-6-14(21)7-5-13)18-16(20(24)26)8-9-22(18)2/h4-11,17H,1-3H3. The number of anilines is 1. The van der Waals surface area contributed by atoms with Crippen LogP contribution in [0.4, 0.5) is 10.1 Å². The molecule has 1 aliphatic heterocycles. The maximum Gasteiger partial charge on any atom is 0.261 e. The fraction of sp³-hybridized carbons (Fsp3) is 0.200. The highest BCUT2D eigenvalue weighted by atomic mass is 19.1. The second-order valence-electron chi connectivity index (χ2n) is 6.65. The van der Waals surface area contributed by atoms with Gasteiger partial charge < -0.3 is 9.13 Å². The quantitative estimate of drug-likeness (QED) is 0.713. The molecule has 1 aliphatic rings. The van der Waals surface area contributed by atoms with Gasteiger partial charge in [0.25, 0.3) is 11.5 Å². The fourth-order valence-corrected chi connectivity index (χ4v) is 3.64. The number of benzene rings is 1. The summed E-state index contributed by atoms with van der Waals surface area (Å²) in [6, 6.07) is 9.31. The number of carbonyl (C=O) groups is 1. The molecule has 0 saturated carbocycles. The van der Waals surface area contributed by atoms with E-state index >= 15 is 0 Å². The molecule has 0 saturated heterocycles. The molecule has 1 amide bonds. The van der Waals surface area contributed by atoms with Gasteiger partial charge in [-0.05, 0) is 36.8 Å². The highest BCUT2D eigenvalue weighted by molar-refractivity contribution is 6.11. The van der Waals surface area contributed by atoms with Crippen LogP contribution in [-0.4, -0.2) is 15.0 Å². The van der Waals surface area contributed by atoms with Crippen LogP contribution in [0.15, 0.2) is 53.6 Å². The Balaban J connectivity index is 1.94. The zero-order chi connectivity index (χ0) is 18.6. The topological polar surface area (TPSA) is 47.2 Å². The van der Waals surface area contributed by atoms with E-state index in [4.69, 9.17) is 0 Å². The predicted molar refractivity (Wildman–Crippen MR) is 96.9 cm³/mol. The Morgan fingerprint density at radius 3 is 2.35 bits per heavy atom. The number of amides is 1. The molecule has 132 valence electrons. The predicted octanol–water partition coefficient (Wildman–Crippen LogP) is 2.92. The van der Waals surface area contributed by atoms with Crippen molar-refractivity contribution in [2.45, 2.75) is 13.0 Å². The number of hydrogen-bond acceptors (Lipinski definition) is 2. The number of nitrogens with zero attached hydrogens (tertiary/aromatic N) is 3. The van der Waals surface area contributed by atoms with Crippen molar-refractivity contribution in [3.63, 3.8) is 0 Å². The van der Waals surface area contributed by atoms with Crippen molar-refractivity contribution in [1.82, 2.24) is 9.13 Å². The number of halogens is 1. The van der Waals surface area contributed by atoms with Crippen molar-refractivity contribution in [1.29, 1.82) is 0 Å². The Labute approximate surface area is 149 Å². The Morgan fingerprint density at radius 1 is 1.00 bits per heavy atom. The van der Waals surface area contributed by atoms with Crippen LogP contribution in [0.25, 0.3) is 0 Å². The first-order valence-corrected chi connectivity index (χ1v) is 8.30. The maximum absolute atomic E-state index is 13.4. The molecule has 4 rings (SSSR count). The van der Waals surface area contributed by atoms with Gasteiger partial charge in [-0.1, -0.05) is 12.1 Å². The first kappa shape index (κ1) is 16.3. The van der Waals surface area contributed by atoms with Gasteiger partial charge in [0.05, 0.1) is 16.9 Å². The summed E-state index contributed by atoms with van der Waals surface area (Å²) < 4.78 is 16.8. The molecule has 1 atom stereocenters. The number of rotatable bonds is 2. The molecule has 1 unspecified atom stereocenters. The van der Waals surface area contributed by atoms with Crippen LogP contribution in [0.1, 0.15) is 33.2 Å². The number of fused-ring (bicyclic) bond motifs is 1. The molecule has 3 heterocycles. The molecule has 26 heavy (non-hydrogen) atoms. The van der Waals surface area contributed by atoms with Crippen LogP contribution in [0, 0.1) is 12.7 Å². The molecule has 0 bridgehead atoms. The van der Waals surface area contributed by atoms with Crippen molar-refractivity contribution in [2.24, 2.45) is 14.1 Å². The molecule has 5 nitrogen and oxygen atoms in total. The van der Waals surface area contributed by atoms with Gasteiger partial charge in [-0.25, -0.2) is 4.39 Å². The molecule has 3 aromatic rings. The first-order valence-electron chi connectivity index (χ1n) is 8.30. The first-order chi connectivity index (χ1) is 12.4. The summed E-state index contributed by atoms with van der Waals surface area (Å²) in [6.07, 6.45) is 3.51. The molecule has 0 fully saturated rings. The third-order valence-electron chi connectivity index (χ3n) is 4.90. The molecular formula is C20H18FN3O2. The van der Waals surface area contributed by atoms with E-state index in [9.17, 15) is 14.0 Å². The van der Waals surface area contributed by atoms with E-state index in [0.717, 1.165) is 11.3 Å². The normalized spacial score (nSPS) is 16.2. The van der Waals surface area contributed by atoms with Gasteiger partial charge >= 0.3 is 0 Å². The van der Waals surface area contributed by atoms with Crippen molar-refractivity contribution in [3.8, 4) is 0 Å². The van der Waals surface area contributed by atoms with Crippen LogP contribution in [0.3, 0.4) is 0 Å². The van der Waals surface area contributed by atoms with Crippen LogP contribution < -0.4 is 10.5 Å². The van der Waals surface area contributed by atoms with Gasteiger partial charge in [0.1, 0.15) is 11.9 Å². The molecule has 0 aliphatic carbocycles. The lowest BCUT2D eigenvalue weighted by molar-refractivity contribution is 0.0993. The summed E-state index contributed by atoms with van der Waals surface area (Å²) >= 11 is 0.